The van der Waals surface area contributed by atoms with E-state index >= 15 is 0 Å². The highest BCUT2D eigenvalue weighted by Crippen LogP contribution is 2.35. The molecule has 0 unspecified atom stereocenters. The number of nitro benzene ring substituents is 1. The molecule has 0 aliphatic heterocycles. The lowest BCUT2D eigenvalue weighted by Crippen LogP contribution is -2.12. The summed E-state index contributed by atoms with van der Waals surface area (Å²) in [6.45, 7) is 0. The number of ether oxygens (including phenoxy) is 3. The van der Waals surface area contributed by atoms with Crippen LogP contribution in [0.1, 0.15) is 26.3 Å². The van der Waals surface area contributed by atoms with Gasteiger partial charge in [0, 0.05) is 17.2 Å². The van der Waals surface area contributed by atoms with Gasteiger partial charge in [-0.05, 0) is 24.3 Å². The summed E-state index contributed by atoms with van der Waals surface area (Å²) >= 11 is 0. The van der Waals surface area contributed by atoms with Crippen molar-refractivity contribution >= 4 is 17.4 Å². The van der Waals surface area contributed by atoms with Gasteiger partial charge in [0.15, 0.2) is 17.3 Å². The molecule has 152 valence electrons. The van der Waals surface area contributed by atoms with Crippen LogP contribution in [0.2, 0.25) is 0 Å². The van der Waals surface area contributed by atoms with Gasteiger partial charge in [0.25, 0.3) is 5.69 Å². The molecule has 0 fully saturated rings. The van der Waals surface area contributed by atoms with Crippen molar-refractivity contribution in [1.82, 2.24) is 0 Å². The quantitative estimate of drug-likeness (QED) is 0.191. The number of hydrogen-bond donors (Lipinski definition) is 0. The van der Waals surface area contributed by atoms with Crippen LogP contribution in [0.15, 0.2) is 66.7 Å². The van der Waals surface area contributed by atoms with E-state index in [1.54, 1.807) is 24.3 Å². The Morgan fingerprint density at radius 2 is 1.40 bits per heavy atom. The van der Waals surface area contributed by atoms with E-state index in [0.29, 0.717) is 11.1 Å². The average molecular weight is 407 g/mol. The van der Waals surface area contributed by atoms with Crippen molar-refractivity contribution in [2.24, 2.45) is 0 Å². The first-order chi connectivity index (χ1) is 14.4. The molecule has 3 rings (SSSR count). The normalized spacial score (nSPS) is 10.2. The van der Waals surface area contributed by atoms with Crippen molar-refractivity contribution < 1.29 is 28.7 Å². The number of esters is 1. The number of carbonyl (C=O) groups excluding carboxylic acids is 2. The van der Waals surface area contributed by atoms with Gasteiger partial charge in [-0.25, -0.2) is 4.79 Å². The standard InChI is InChI=1S/C22H17NO7/c1-28-19-12-17(18(23(26)27)13-20(19)29-2)22(25)30-16-10-8-15(9-11-16)21(24)14-6-4-3-5-7-14/h3-13H,1-2H3. The lowest BCUT2D eigenvalue weighted by Gasteiger charge is -2.10. The minimum atomic E-state index is -0.940. The summed E-state index contributed by atoms with van der Waals surface area (Å²) in [5.41, 5.74) is 0.178. The molecule has 8 nitrogen and oxygen atoms in total. The third-order valence-corrected chi connectivity index (χ3v) is 4.28. The second-order valence-corrected chi connectivity index (χ2v) is 6.09. The summed E-state index contributed by atoms with van der Waals surface area (Å²) in [7, 11) is 2.68. The molecule has 0 N–H and O–H groups in total. The van der Waals surface area contributed by atoms with Crippen LogP contribution < -0.4 is 14.2 Å². The average Bonchev–Trinajstić information content (AvgIpc) is 2.78. The summed E-state index contributed by atoms with van der Waals surface area (Å²) in [5, 5.41) is 11.4. The third-order valence-electron chi connectivity index (χ3n) is 4.28. The molecule has 0 heterocycles. The highest BCUT2D eigenvalue weighted by Gasteiger charge is 2.26. The first-order valence-electron chi connectivity index (χ1n) is 8.77. The van der Waals surface area contributed by atoms with Crippen LogP contribution in [-0.2, 0) is 0 Å². The van der Waals surface area contributed by atoms with Gasteiger partial charge in [-0.3, -0.25) is 14.9 Å². The van der Waals surface area contributed by atoms with Crippen molar-refractivity contribution in [3.63, 3.8) is 0 Å². The number of ketones is 1. The van der Waals surface area contributed by atoms with E-state index in [-0.39, 0.29) is 28.6 Å². The second-order valence-electron chi connectivity index (χ2n) is 6.09. The molecule has 3 aromatic rings. The minimum Gasteiger partial charge on any atom is -0.493 e. The van der Waals surface area contributed by atoms with Crippen LogP contribution in [0.3, 0.4) is 0 Å². The fourth-order valence-corrected chi connectivity index (χ4v) is 2.78. The largest absolute Gasteiger partial charge is 0.493 e. The molecule has 0 saturated heterocycles. The van der Waals surface area contributed by atoms with Crippen molar-refractivity contribution in [3.05, 3.63) is 93.5 Å². The second kappa shape index (κ2) is 8.87. The Kier molecular flexibility index (Phi) is 6.07. The van der Waals surface area contributed by atoms with Crippen molar-refractivity contribution in [3.8, 4) is 17.2 Å². The van der Waals surface area contributed by atoms with Crippen LogP contribution in [0.25, 0.3) is 0 Å². The van der Waals surface area contributed by atoms with E-state index < -0.39 is 16.6 Å². The minimum absolute atomic E-state index is 0.115. The van der Waals surface area contributed by atoms with E-state index in [0.717, 1.165) is 6.07 Å². The Bertz CT molecular complexity index is 1090. The fraction of sp³-hybridized carbons (Fsp3) is 0.0909. The zero-order valence-corrected chi connectivity index (χ0v) is 16.2. The first kappa shape index (κ1) is 20.5. The summed E-state index contributed by atoms with van der Waals surface area (Å²) in [5.74, 6) is -0.717. The molecular weight excluding hydrogens is 390 g/mol. The molecule has 3 aromatic carbocycles. The maximum absolute atomic E-state index is 12.6. The molecule has 0 aromatic heterocycles. The zero-order valence-electron chi connectivity index (χ0n) is 16.2. The van der Waals surface area contributed by atoms with Crippen molar-refractivity contribution in [1.29, 1.82) is 0 Å². The van der Waals surface area contributed by atoms with Gasteiger partial charge in [0.05, 0.1) is 25.2 Å². The number of carbonyl (C=O) groups is 2. The molecule has 0 spiro atoms. The summed E-state index contributed by atoms with van der Waals surface area (Å²) in [6, 6.07) is 16.9. The monoisotopic (exact) mass is 407 g/mol. The maximum atomic E-state index is 12.6. The number of rotatable bonds is 7. The first-order valence-corrected chi connectivity index (χ1v) is 8.77. The molecule has 30 heavy (non-hydrogen) atoms. The Labute approximate surface area is 171 Å². The predicted octanol–water partition coefficient (Wildman–Crippen LogP) is 4.06. The lowest BCUT2D eigenvalue weighted by atomic mass is 10.0. The van der Waals surface area contributed by atoms with Gasteiger partial charge in [-0.15, -0.1) is 0 Å². The molecule has 0 aliphatic rings. The number of benzene rings is 3. The molecule has 0 atom stereocenters. The van der Waals surface area contributed by atoms with E-state index in [1.807, 2.05) is 6.07 Å². The van der Waals surface area contributed by atoms with E-state index in [2.05, 4.69) is 0 Å². The fourth-order valence-electron chi connectivity index (χ4n) is 2.78. The van der Waals surface area contributed by atoms with Crippen LogP contribution >= 0.6 is 0 Å². The predicted molar refractivity (Wildman–Crippen MR) is 107 cm³/mol. The Morgan fingerprint density at radius 1 is 0.833 bits per heavy atom. The third kappa shape index (κ3) is 4.27. The van der Waals surface area contributed by atoms with Gasteiger partial charge in [0.1, 0.15) is 11.3 Å². The van der Waals surface area contributed by atoms with Gasteiger partial charge in [0.2, 0.25) is 0 Å². The molecule has 8 heteroatoms. The van der Waals surface area contributed by atoms with Crippen molar-refractivity contribution in [2.45, 2.75) is 0 Å². The number of nitro groups is 1. The molecule has 0 aliphatic carbocycles. The molecule has 0 radical (unpaired) electrons. The number of methoxy groups -OCH3 is 2. The van der Waals surface area contributed by atoms with Gasteiger partial charge in [-0.2, -0.15) is 0 Å². The van der Waals surface area contributed by atoms with Crippen LogP contribution in [0, 0.1) is 10.1 Å². The lowest BCUT2D eigenvalue weighted by molar-refractivity contribution is -0.385. The summed E-state index contributed by atoms with van der Waals surface area (Å²) in [4.78, 5) is 35.7. The van der Waals surface area contributed by atoms with Gasteiger partial charge < -0.3 is 14.2 Å². The summed E-state index contributed by atoms with van der Waals surface area (Å²) in [6.07, 6.45) is 0. The smallest absolute Gasteiger partial charge is 0.350 e. The van der Waals surface area contributed by atoms with E-state index in [9.17, 15) is 19.7 Å². The maximum Gasteiger partial charge on any atom is 0.350 e. The van der Waals surface area contributed by atoms with Gasteiger partial charge in [-0.1, -0.05) is 30.3 Å². The van der Waals surface area contributed by atoms with Crippen molar-refractivity contribution in [2.75, 3.05) is 14.2 Å². The molecule has 0 bridgehead atoms. The van der Waals surface area contributed by atoms with Gasteiger partial charge >= 0.3 is 5.97 Å². The van der Waals surface area contributed by atoms with Crippen LogP contribution in [0.5, 0.6) is 17.2 Å². The molecule has 0 amide bonds. The molecular formula is C22H17NO7. The Morgan fingerprint density at radius 3 is 1.97 bits per heavy atom. The number of hydrogen-bond acceptors (Lipinski definition) is 7. The highest BCUT2D eigenvalue weighted by molar-refractivity contribution is 6.09. The highest BCUT2D eigenvalue weighted by atomic mass is 16.6. The zero-order chi connectivity index (χ0) is 21.7. The topological polar surface area (TPSA) is 105 Å². The molecule has 0 saturated carbocycles. The van der Waals surface area contributed by atoms with E-state index in [4.69, 9.17) is 14.2 Å². The van der Waals surface area contributed by atoms with Crippen LogP contribution in [-0.4, -0.2) is 30.9 Å². The van der Waals surface area contributed by atoms with Crippen LogP contribution in [0.4, 0.5) is 5.69 Å². The Hall–Kier alpha value is -4.20. The Balaban J connectivity index is 1.84. The SMILES string of the molecule is COc1cc(C(=O)Oc2ccc(C(=O)c3ccccc3)cc2)c([N+](=O)[O-])cc1OC. The summed E-state index contributed by atoms with van der Waals surface area (Å²) < 4.78 is 15.4. The number of nitrogens with zero attached hydrogens (tertiary/aromatic N) is 1. The van der Waals surface area contributed by atoms with E-state index in [1.165, 1.54) is 44.6 Å².